The van der Waals surface area contributed by atoms with Gasteiger partial charge < -0.3 is 9.47 Å². The molecule has 0 bridgehead atoms. The highest BCUT2D eigenvalue weighted by atomic mass is 19.3. The normalized spacial score (nSPS) is 17.9. The number of benzene rings is 3. The first-order valence-electron chi connectivity index (χ1n) is 12.6. The van der Waals surface area contributed by atoms with Gasteiger partial charge in [-0.1, -0.05) is 38.3 Å². The van der Waals surface area contributed by atoms with E-state index in [1.165, 1.54) is 12.1 Å². The minimum absolute atomic E-state index is 0.107. The number of rotatable bonds is 9. The zero-order chi connectivity index (χ0) is 28.3. The van der Waals surface area contributed by atoms with E-state index < -0.39 is 52.3 Å². The molecule has 1 aliphatic rings. The maximum Gasteiger partial charge on any atom is 0.432 e. The molecule has 0 radical (unpaired) electrons. The van der Waals surface area contributed by atoms with Crippen LogP contribution in [0.3, 0.4) is 0 Å². The van der Waals surface area contributed by atoms with E-state index in [-0.39, 0.29) is 29.4 Å². The van der Waals surface area contributed by atoms with Crippen LogP contribution in [0.5, 0.6) is 5.75 Å². The van der Waals surface area contributed by atoms with Crippen LogP contribution in [-0.4, -0.2) is 6.61 Å². The summed E-state index contributed by atoms with van der Waals surface area (Å²) in [7, 11) is 0. The smallest absolute Gasteiger partial charge is 0.429 e. The quantitative estimate of drug-likeness (QED) is 0.148. The molecule has 1 saturated heterocycles. The van der Waals surface area contributed by atoms with Gasteiger partial charge >= 0.3 is 6.11 Å². The average molecular weight is 559 g/mol. The van der Waals surface area contributed by atoms with E-state index in [4.69, 9.17) is 4.74 Å². The van der Waals surface area contributed by atoms with Crippen molar-refractivity contribution in [2.45, 2.75) is 57.7 Å². The highest BCUT2D eigenvalue weighted by Crippen LogP contribution is 2.39. The van der Waals surface area contributed by atoms with Gasteiger partial charge in [-0.25, -0.2) is 26.3 Å². The van der Waals surface area contributed by atoms with Crippen molar-refractivity contribution >= 4 is 0 Å². The zero-order valence-electron chi connectivity index (χ0n) is 21.0. The summed E-state index contributed by atoms with van der Waals surface area (Å²) in [5.74, 6) is -10.7. The molecule has 2 unspecified atom stereocenters. The number of alkyl halides is 2. The largest absolute Gasteiger partial charge is 0.432 e. The highest BCUT2D eigenvalue weighted by molar-refractivity contribution is 5.65. The fourth-order valence-electron chi connectivity index (χ4n) is 4.74. The van der Waals surface area contributed by atoms with E-state index in [2.05, 4.69) is 11.7 Å². The number of hydrogen-bond donors (Lipinski definition) is 0. The van der Waals surface area contributed by atoms with E-state index in [0.29, 0.717) is 36.6 Å². The maximum absolute atomic E-state index is 15.0. The van der Waals surface area contributed by atoms with E-state index in [9.17, 15) is 35.1 Å². The summed E-state index contributed by atoms with van der Waals surface area (Å²) < 4.78 is 123. The van der Waals surface area contributed by atoms with E-state index >= 15 is 0 Å². The third-order valence-electron chi connectivity index (χ3n) is 6.80. The predicted octanol–water partition coefficient (Wildman–Crippen LogP) is 9.36. The Morgan fingerprint density at radius 3 is 2.05 bits per heavy atom. The molecule has 0 spiro atoms. The molecule has 0 N–H and O–H groups in total. The van der Waals surface area contributed by atoms with Crippen LogP contribution in [0.1, 0.15) is 62.7 Å². The van der Waals surface area contributed by atoms with Gasteiger partial charge in [-0.3, -0.25) is 0 Å². The number of unbranched alkanes of at least 4 members (excludes halogenated alkanes) is 2. The van der Waals surface area contributed by atoms with Crippen molar-refractivity contribution in [1.29, 1.82) is 0 Å². The van der Waals surface area contributed by atoms with E-state index in [1.807, 2.05) is 0 Å². The average Bonchev–Trinajstić information content (AvgIpc) is 2.87. The molecular weight excluding hydrogens is 532 g/mol. The van der Waals surface area contributed by atoms with Crippen molar-refractivity contribution in [2.75, 3.05) is 6.61 Å². The lowest BCUT2D eigenvalue weighted by Gasteiger charge is -2.29. The molecule has 2 atom stereocenters. The minimum Gasteiger partial charge on any atom is -0.429 e. The number of hydrogen-bond acceptors (Lipinski definition) is 2. The molecule has 39 heavy (non-hydrogen) atoms. The molecule has 0 saturated carbocycles. The summed E-state index contributed by atoms with van der Waals surface area (Å²) in [6.45, 7) is 2.69. The van der Waals surface area contributed by atoms with Crippen molar-refractivity contribution < 1.29 is 44.6 Å². The summed E-state index contributed by atoms with van der Waals surface area (Å²) in [5.41, 5.74) is -1.90. The fraction of sp³-hybridized carbons (Fsp3) is 0.379. The second kappa shape index (κ2) is 11.9. The molecule has 1 heterocycles. The third-order valence-corrected chi connectivity index (χ3v) is 6.80. The number of halogens is 8. The van der Waals surface area contributed by atoms with Crippen LogP contribution in [0.15, 0.2) is 42.5 Å². The third kappa shape index (κ3) is 6.54. The summed E-state index contributed by atoms with van der Waals surface area (Å²) in [4.78, 5) is 0. The molecule has 3 aromatic carbocycles. The Kier molecular flexibility index (Phi) is 8.83. The Morgan fingerprint density at radius 2 is 1.49 bits per heavy atom. The zero-order valence-corrected chi connectivity index (χ0v) is 21.0. The summed E-state index contributed by atoms with van der Waals surface area (Å²) >= 11 is 0. The van der Waals surface area contributed by atoms with Crippen LogP contribution in [0, 0.1) is 40.8 Å². The number of ether oxygens (including phenoxy) is 2. The fourth-order valence-corrected chi connectivity index (χ4v) is 4.74. The minimum atomic E-state index is -4.74. The Labute approximate surface area is 220 Å². The van der Waals surface area contributed by atoms with Gasteiger partial charge in [0.2, 0.25) is 0 Å². The molecule has 4 rings (SSSR count). The van der Waals surface area contributed by atoms with Crippen LogP contribution in [0.4, 0.5) is 35.1 Å². The van der Waals surface area contributed by atoms with Gasteiger partial charge in [-0.15, -0.1) is 0 Å². The molecule has 210 valence electrons. The van der Waals surface area contributed by atoms with Gasteiger partial charge in [0.1, 0.15) is 28.8 Å². The summed E-state index contributed by atoms with van der Waals surface area (Å²) in [5, 5.41) is 0. The summed E-state index contributed by atoms with van der Waals surface area (Å²) in [6, 6.07) is 5.24. The molecule has 1 aliphatic heterocycles. The van der Waals surface area contributed by atoms with Crippen molar-refractivity contribution in [2.24, 2.45) is 5.92 Å². The van der Waals surface area contributed by atoms with Crippen molar-refractivity contribution in [3.05, 3.63) is 88.5 Å². The maximum atomic E-state index is 15.0. The van der Waals surface area contributed by atoms with E-state index in [0.717, 1.165) is 32.1 Å². The van der Waals surface area contributed by atoms with Crippen LogP contribution >= 0.6 is 0 Å². The predicted molar refractivity (Wildman–Crippen MR) is 128 cm³/mol. The second-order valence-corrected chi connectivity index (χ2v) is 9.64. The Balaban J connectivity index is 1.51. The van der Waals surface area contributed by atoms with Gasteiger partial charge in [0.25, 0.3) is 0 Å². The van der Waals surface area contributed by atoms with Crippen molar-refractivity contribution in [1.82, 2.24) is 0 Å². The van der Waals surface area contributed by atoms with Gasteiger partial charge in [0, 0.05) is 17.7 Å². The molecule has 1 fully saturated rings. The first-order chi connectivity index (χ1) is 18.5. The molecular formula is C29H26F8O2. The topological polar surface area (TPSA) is 18.5 Å². The molecule has 3 aromatic rings. The van der Waals surface area contributed by atoms with Crippen LogP contribution < -0.4 is 4.74 Å². The molecule has 10 heteroatoms. The monoisotopic (exact) mass is 558 g/mol. The van der Waals surface area contributed by atoms with Gasteiger partial charge in [0.15, 0.2) is 17.5 Å². The molecule has 2 nitrogen and oxygen atoms in total. The SMILES string of the molecule is CCCCCC1CCC(c2ccc(-c3cc(F)c(C(F)(F)Oc4cc(F)c(F)c(F)c4)c(F)c3)c(F)c2)OC1. The van der Waals surface area contributed by atoms with Gasteiger partial charge in [0.05, 0.1) is 12.7 Å². The van der Waals surface area contributed by atoms with Crippen LogP contribution in [-0.2, 0) is 10.8 Å². The Morgan fingerprint density at radius 1 is 0.821 bits per heavy atom. The van der Waals surface area contributed by atoms with Crippen LogP contribution in [0.25, 0.3) is 11.1 Å². The molecule has 0 aliphatic carbocycles. The Hall–Kier alpha value is -3.14. The standard InChI is InChI=1S/C29H26F8O2/c1-2-3-4-5-16-6-9-26(38-15-16)17-7-8-20(21(30)10-17)18-11-22(31)27(23(32)12-18)29(36,37)39-19-13-24(33)28(35)25(34)14-19/h7-8,10-14,16,26H,2-6,9,15H2,1H3. The van der Waals surface area contributed by atoms with Crippen molar-refractivity contribution in [3.63, 3.8) is 0 Å². The van der Waals surface area contributed by atoms with Gasteiger partial charge in [-0.2, -0.15) is 8.78 Å². The second-order valence-electron chi connectivity index (χ2n) is 9.64. The Bertz CT molecular complexity index is 1270. The van der Waals surface area contributed by atoms with Crippen LogP contribution in [0.2, 0.25) is 0 Å². The van der Waals surface area contributed by atoms with Gasteiger partial charge in [-0.05, 0) is 54.5 Å². The molecule has 0 aromatic heterocycles. The lowest BCUT2D eigenvalue weighted by atomic mass is 9.90. The van der Waals surface area contributed by atoms with Crippen molar-refractivity contribution in [3.8, 4) is 16.9 Å². The lowest BCUT2D eigenvalue weighted by molar-refractivity contribution is -0.189. The first kappa shape index (κ1) is 28.9. The molecule has 0 amide bonds. The van der Waals surface area contributed by atoms with E-state index in [1.54, 1.807) is 6.07 Å². The summed E-state index contributed by atoms with van der Waals surface area (Å²) in [6.07, 6.45) is 1.06. The lowest BCUT2D eigenvalue weighted by Crippen LogP contribution is -2.25. The highest BCUT2D eigenvalue weighted by Gasteiger charge is 2.41. The first-order valence-corrected chi connectivity index (χ1v) is 12.6.